The van der Waals surface area contributed by atoms with Crippen molar-refractivity contribution in [1.82, 2.24) is 10.2 Å². The number of nitrogens with zero attached hydrogens (tertiary/aromatic N) is 1. The minimum absolute atomic E-state index is 0.0463. The smallest absolute Gasteiger partial charge is 0.123 e. The standard InChI is InChI=1S/C24H30ClFN2O/c1-24(2)23(27-10-12-28(24)11-3-13-29)22-15-20(16-4-7-18(26)8-5-16)19-9-6-17(25)14-21(19)22/h4-9,14,20,22-23,27,29H,3,10-13,15H2,1-2H3. The summed E-state index contributed by atoms with van der Waals surface area (Å²) in [4.78, 5) is 2.50. The van der Waals surface area contributed by atoms with Gasteiger partial charge in [-0.2, -0.15) is 0 Å². The van der Waals surface area contributed by atoms with Gasteiger partial charge in [-0.3, -0.25) is 4.90 Å². The van der Waals surface area contributed by atoms with E-state index in [4.69, 9.17) is 11.6 Å². The van der Waals surface area contributed by atoms with Gasteiger partial charge in [0.15, 0.2) is 0 Å². The highest BCUT2D eigenvalue weighted by molar-refractivity contribution is 6.30. The van der Waals surface area contributed by atoms with E-state index < -0.39 is 0 Å². The van der Waals surface area contributed by atoms with Gasteiger partial charge in [-0.1, -0.05) is 29.8 Å². The SMILES string of the molecule is CC1(C)C(C2CC(c3ccc(F)cc3)c3ccc(Cl)cc32)NCCN1CCCO. The van der Waals surface area contributed by atoms with Crippen LogP contribution >= 0.6 is 11.6 Å². The molecular weight excluding hydrogens is 387 g/mol. The van der Waals surface area contributed by atoms with E-state index in [9.17, 15) is 9.50 Å². The summed E-state index contributed by atoms with van der Waals surface area (Å²) in [7, 11) is 0. The Labute approximate surface area is 177 Å². The van der Waals surface area contributed by atoms with Crippen LogP contribution in [0.15, 0.2) is 42.5 Å². The molecule has 0 aromatic heterocycles. The lowest BCUT2D eigenvalue weighted by Gasteiger charge is -2.51. The minimum Gasteiger partial charge on any atom is -0.396 e. The fourth-order valence-corrected chi connectivity index (χ4v) is 5.58. The Morgan fingerprint density at radius 3 is 2.66 bits per heavy atom. The first-order valence-corrected chi connectivity index (χ1v) is 10.9. The van der Waals surface area contributed by atoms with Crippen LogP contribution in [0.2, 0.25) is 5.02 Å². The molecule has 1 heterocycles. The first-order chi connectivity index (χ1) is 13.9. The quantitative estimate of drug-likeness (QED) is 0.751. The van der Waals surface area contributed by atoms with Crippen LogP contribution in [0, 0.1) is 5.82 Å². The van der Waals surface area contributed by atoms with Gasteiger partial charge in [0.05, 0.1) is 0 Å². The lowest BCUT2D eigenvalue weighted by molar-refractivity contribution is 0.0326. The van der Waals surface area contributed by atoms with Crippen molar-refractivity contribution < 1.29 is 9.50 Å². The van der Waals surface area contributed by atoms with Gasteiger partial charge < -0.3 is 10.4 Å². The van der Waals surface area contributed by atoms with Gasteiger partial charge in [-0.25, -0.2) is 4.39 Å². The Morgan fingerprint density at radius 1 is 1.17 bits per heavy atom. The predicted molar refractivity (Wildman–Crippen MR) is 116 cm³/mol. The number of fused-ring (bicyclic) bond motifs is 1. The van der Waals surface area contributed by atoms with Crippen LogP contribution in [0.3, 0.4) is 0 Å². The molecule has 0 amide bonds. The lowest BCUT2D eigenvalue weighted by atomic mass is 9.78. The molecule has 3 unspecified atom stereocenters. The van der Waals surface area contributed by atoms with Gasteiger partial charge in [0.2, 0.25) is 0 Å². The van der Waals surface area contributed by atoms with Crippen molar-refractivity contribution in [3.05, 3.63) is 70.0 Å². The predicted octanol–water partition coefficient (Wildman–Crippen LogP) is 4.53. The summed E-state index contributed by atoms with van der Waals surface area (Å²) in [6.07, 6.45) is 1.78. The number of piperazine rings is 1. The average molecular weight is 417 g/mol. The van der Waals surface area contributed by atoms with E-state index in [0.717, 1.165) is 43.1 Å². The molecule has 4 rings (SSSR count). The molecule has 2 aromatic carbocycles. The molecule has 5 heteroatoms. The van der Waals surface area contributed by atoms with Crippen molar-refractivity contribution in [1.29, 1.82) is 0 Å². The number of halogens is 2. The largest absolute Gasteiger partial charge is 0.396 e. The van der Waals surface area contributed by atoms with Gasteiger partial charge in [0, 0.05) is 54.7 Å². The van der Waals surface area contributed by atoms with Crippen molar-refractivity contribution in [2.45, 2.75) is 50.1 Å². The van der Waals surface area contributed by atoms with Gasteiger partial charge >= 0.3 is 0 Å². The van der Waals surface area contributed by atoms with Crippen LogP contribution in [-0.2, 0) is 0 Å². The second kappa shape index (κ2) is 8.35. The molecule has 1 aliphatic heterocycles. The molecule has 1 aliphatic carbocycles. The molecule has 2 aliphatic rings. The third kappa shape index (κ3) is 3.96. The topological polar surface area (TPSA) is 35.5 Å². The summed E-state index contributed by atoms with van der Waals surface area (Å²) >= 11 is 6.40. The second-order valence-corrected chi connectivity index (χ2v) is 9.31. The Hall–Kier alpha value is -1.46. The fourth-order valence-electron chi connectivity index (χ4n) is 5.40. The molecular formula is C24H30ClFN2O. The Kier molecular flexibility index (Phi) is 5.99. The molecule has 3 nitrogen and oxygen atoms in total. The van der Waals surface area contributed by atoms with E-state index in [-0.39, 0.29) is 29.9 Å². The zero-order valence-electron chi connectivity index (χ0n) is 17.2. The molecule has 0 radical (unpaired) electrons. The maximum Gasteiger partial charge on any atom is 0.123 e. The van der Waals surface area contributed by atoms with Crippen molar-refractivity contribution in [2.75, 3.05) is 26.2 Å². The summed E-state index contributed by atoms with van der Waals surface area (Å²) in [6.45, 7) is 7.65. The van der Waals surface area contributed by atoms with Crippen molar-refractivity contribution in [3.63, 3.8) is 0 Å². The zero-order chi connectivity index (χ0) is 20.6. The number of benzene rings is 2. The number of hydrogen-bond donors (Lipinski definition) is 2. The lowest BCUT2D eigenvalue weighted by Crippen LogP contribution is -2.65. The van der Waals surface area contributed by atoms with Gasteiger partial charge in [-0.05, 0) is 67.6 Å². The van der Waals surface area contributed by atoms with Crippen molar-refractivity contribution >= 4 is 11.6 Å². The van der Waals surface area contributed by atoms with Crippen LogP contribution in [0.25, 0.3) is 0 Å². The summed E-state index contributed by atoms with van der Waals surface area (Å²) in [5, 5.41) is 13.9. The third-order valence-electron chi connectivity index (χ3n) is 6.90. The Bertz CT molecular complexity index is 854. The van der Waals surface area contributed by atoms with E-state index in [1.807, 2.05) is 18.2 Å². The molecule has 1 saturated heterocycles. The molecule has 3 atom stereocenters. The monoisotopic (exact) mass is 416 g/mol. The first kappa shape index (κ1) is 20.8. The molecule has 2 aromatic rings. The number of aliphatic hydroxyl groups excluding tert-OH is 1. The summed E-state index contributed by atoms with van der Waals surface area (Å²) < 4.78 is 13.5. The fraction of sp³-hybridized carbons (Fsp3) is 0.500. The summed E-state index contributed by atoms with van der Waals surface area (Å²) in [5.41, 5.74) is 3.72. The number of aliphatic hydroxyl groups is 1. The third-order valence-corrected chi connectivity index (χ3v) is 7.13. The number of hydrogen-bond acceptors (Lipinski definition) is 3. The average Bonchev–Trinajstić information content (AvgIpc) is 3.05. The van der Waals surface area contributed by atoms with Crippen LogP contribution < -0.4 is 5.32 Å². The van der Waals surface area contributed by atoms with Crippen LogP contribution in [0.5, 0.6) is 0 Å². The normalized spacial score (nSPS) is 26.4. The Morgan fingerprint density at radius 2 is 1.93 bits per heavy atom. The van der Waals surface area contributed by atoms with Crippen molar-refractivity contribution in [3.8, 4) is 0 Å². The van der Waals surface area contributed by atoms with E-state index in [2.05, 4.69) is 36.2 Å². The highest BCUT2D eigenvalue weighted by Gasteiger charge is 2.46. The molecule has 156 valence electrons. The molecule has 2 N–H and O–H groups in total. The molecule has 29 heavy (non-hydrogen) atoms. The van der Waals surface area contributed by atoms with E-state index in [0.29, 0.717) is 5.92 Å². The zero-order valence-corrected chi connectivity index (χ0v) is 17.9. The maximum absolute atomic E-state index is 13.5. The second-order valence-electron chi connectivity index (χ2n) is 8.87. The molecule has 0 saturated carbocycles. The van der Waals surface area contributed by atoms with E-state index >= 15 is 0 Å². The molecule has 1 fully saturated rings. The Balaban J connectivity index is 1.69. The van der Waals surface area contributed by atoms with Gasteiger partial charge in [-0.15, -0.1) is 0 Å². The van der Waals surface area contributed by atoms with Gasteiger partial charge in [0.1, 0.15) is 5.82 Å². The van der Waals surface area contributed by atoms with Crippen molar-refractivity contribution in [2.24, 2.45) is 0 Å². The minimum atomic E-state index is -0.200. The summed E-state index contributed by atoms with van der Waals surface area (Å²) in [5.74, 6) is 0.373. The van der Waals surface area contributed by atoms with Crippen LogP contribution in [-0.4, -0.2) is 47.8 Å². The van der Waals surface area contributed by atoms with E-state index in [1.165, 1.54) is 11.1 Å². The molecule has 0 spiro atoms. The number of nitrogens with one attached hydrogen (secondary N) is 1. The van der Waals surface area contributed by atoms with E-state index in [1.54, 1.807) is 12.1 Å². The van der Waals surface area contributed by atoms with Crippen LogP contribution in [0.4, 0.5) is 4.39 Å². The molecule has 0 bridgehead atoms. The van der Waals surface area contributed by atoms with Gasteiger partial charge in [0.25, 0.3) is 0 Å². The highest BCUT2D eigenvalue weighted by atomic mass is 35.5. The first-order valence-electron chi connectivity index (χ1n) is 10.6. The highest BCUT2D eigenvalue weighted by Crippen LogP contribution is 2.50. The number of rotatable bonds is 5. The maximum atomic E-state index is 13.5. The van der Waals surface area contributed by atoms with Crippen LogP contribution in [0.1, 0.15) is 55.2 Å². The summed E-state index contributed by atoms with van der Waals surface area (Å²) in [6, 6.07) is 13.4.